The van der Waals surface area contributed by atoms with Gasteiger partial charge in [-0.2, -0.15) is 0 Å². The van der Waals surface area contributed by atoms with Crippen molar-refractivity contribution in [1.82, 2.24) is 0 Å². The standard InChI is InChI=1S/C20H24O5/c1-22-19-18(24-13-16-10-6-3-7-11-16)17(25-20(19)21)14-23-12-15-8-4-2-5-9-15/h2-11,17-21H,12-14H2,1H3/t17-,18+,19-,20-/m1/s1. The Kier molecular flexibility index (Phi) is 6.55. The van der Waals surface area contributed by atoms with Crippen LogP contribution < -0.4 is 0 Å². The second-order valence-corrected chi connectivity index (χ2v) is 6.03. The number of methoxy groups -OCH3 is 1. The number of hydrogen-bond donors (Lipinski definition) is 1. The molecule has 1 heterocycles. The fourth-order valence-electron chi connectivity index (χ4n) is 2.93. The van der Waals surface area contributed by atoms with Crippen LogP contribution >= 0.6 is 0 Å². The summed E-state index contributed by atoms with van der Waals surface area (Å²) in [5, 5.41) is 10.1. The monoisotopic (exact) mass is 344 g/mol. The predicted molar refractivity (Wildman–Crippen MR) is 92.8 cm³/mol. The summed E-state index contributed by atoms with van der Waals surface area (Å²) in [6, 6.07) is 19.8. The average molecular weight is 344 g/mol. The highest BCUT2D eigenvalue weighted by Gasteiger charge is 2.45. The fourth-order valence-corrected chi connectivity index (χ4v) is 2.93. The largest absolute Gasteiger partial charge is 0.374 e. The number of hydrogen-bond acceptors (Lipinski definition) is 5. The Balaban J connectivity index is 1.56. The zero-order valence-corrected chi connectivity index (χ0v) is 14.3. The van der Waals surface area contributed by atoms with Gasteiger partial charge in [0, 0.05) is 7.11 Å². The van der Waals surface area contributed by atoms with E-state index < -0.39 is 18.5 Å². The Labute approximate surface area is 148 Å². The van der Waals surface area contributed by atoms with E-state index in [4.69, 9.17) is 18.9 Å². The Hall–Kier alpha value is -1.76. The van der Waals surface area contributed by atoms with E-state index >= 15 is 0 Å². The molecule has 0 spiro atoms. The molecule has 25 heavy (non-hydrogen) atoms. The van der Waals surface area contributed by atoms with Gasteiger partial charge in [-0.25, -0.2) is 0 Å². The summed E-state index contributed by atoms with van der Waals surface area (Å²) in [5.74, 6) is 0. The zero-order valence-electron chi connectivity index (χ0n) is 14.3. The molecule has 134 valence electrons. The minimum atomic E-state index is -1.02. The van der Waals surface area contributed by atoms with Crippen LogP contribution in [-0.2, 0) is 32.2 Å². The predicted octanol–water partition coefficient (Wildman–Crippen LogP) is 2.52. The molecule has 1 N–H and O–H groups in total. The molecule has 0 amide bonds. The molecule has 1 saturated heterocycles. The molecule has 1 fully saturated rings. The third kappa shape index (κ3) is 4.87. The lowest BCUT2D eigenvalue weighted by Crippen LogP contribution is -2.38. The van der Waals surface area contributed by atoms with Crippen molar-refractivity contribution in [3.63, 3.8) is 0 Å². The van der Waals surface area contributed by atoms with Crippen LogP contribution in [0.25, 0.3) is 0 Å². The van der Waals surface area contributed by atoms with Gasteiger partial charge in [0.2, 0.25) is 0 Å². The van der Waals surface area contributed by atoms with Gasteiger partial charge < -0.3 is 24.1 Å². The molecule has 0 aromatic heterocycles. The molecule has 1 aliphatic rings. The maximum Gasteiger partial charge on any atom is 0.184 e. The van der Waals surface area contributed by atoms with Crippen LogP contribution in [0.5, 0.6) is 0 Å². The first-order valence-corrected chi connectivity index (χ1v) is 8.41. The van der Waals surface area contributed by atoms with Gasteiger partial charge in [-0.05, 0) is 11.1 Å². The molecular formula is C20H24O5. The highest BCUT2D eigenvalue weighted by molar-refractivity contribution is 5.14. The van der Waals surface area contributed by atoms with Gasteiger partial charge in [-0.15, -0.1) is 0 Å². The van der Waals surface area contributed by atoms with Crippen LogP contribution in [0.2, 0.25) is 0 Å². The van der Waals surface area contributed by atoms with Gasteiger partial charge in [0.05, 0.1) is 19.8 Å². The molecule has 0 radical (unpaired) electrons. The van der Waals surface area contributed by atoms with E-state index in [0.717, 1.165) is 11.1 Å². The molecule has 0 aliphatic carbocycles. The lowest BCUT2D eigenvalue weighted by Gasteiger charge is -2.22. The Morgan fingerprint density at radius 2 is 1.48 bits per heavy atom. The quantitative estimate of drug-likeness (QED) is 0.797. The number of aliphatic hydroxyl groups is 1. The first-order valence-electron chi connectivity index (χ1n) is 8.41. The molecule has 4 atom stereocenters. The van der Waals surface area contributed by atoms with Crippen molar-refractivity contribution in [3.05, 3.63) is 71.8 Å². The van der Waals surface area contributed by atoms with Gasteiger partial charge in [0.25, 0.3) is 0 Å². The molecular weight excluding hydrogens is 320 g/mol. The normalized spacial score (nSPS) is 26.0. The summed E-state index contributed by atoms with van der Waals surface area (Å²) >= 11 is 0. The van der Waals surface area contributed by atoms with Gasteiger partial charge in [-0.3, -0.25) is 0 Å². The van der Waals surface area contributed by atoms with E-state index in [1.807, 2.05) is 60.7 Å². The molecule has 5 heteroatoms. The maximum absolute atomic E-state index is 10.1. The minimum absolute atomic E-state index is 0.325. The summed E-state index contributed by atoms with van der Waals surface area (Å²) < 4.78 is 22.7. The Morgan fingerprint density at radius 1 is 0.880 bits per heavy atom. The summed E-state index contributed by atoms with van der Waals surface area (Å²) in [4.78, 5) is 0. The van der Waals surface area contributed by atoms with Crippen molar-refractivity contribution in [3.8, 4) is 0 Å². The van der Waals surface area contributed by atoms with Crippen LogP contribution in [0.3, 0.4) is 0 Å². The van der Waals surface area contributed by atoms with Crippen molar-refractivity contribution in [1.29, 1.82) is 0 Å². The second kappa shape index (κ2) is 9.08. The molecule has 1 aliphatic heterocycles. The number of aliphatic hydroxyl groups excluding tert-OH is 1. The van der Waals surface area contributed by atoms with E-state index in [-0.39, 0.29) is 6.10 Å². The van der Waals surface area contributed by atoms with E-state index in [0.29, 0.717) is 19.8 Å². The lowest BCUT2D eigenvalue weighted by atomic mass is 10.1. The molecule has 2 aromatic rings. The lowest BCUT2D eigenvalue weighted by molar-refractivity contribution is -0.143. The second-order valence-electron chi connectivity index (χ2n) is 6.03. The molecule has 0 saturated carbocycles. The maximum atomic E-state index is 10.1. The van der Waals surface area contributed by atoms with Crippen LogP contribution in [0.15, 0.2) is 60.7 Å². The molecule has 2 aromatic carbocycles. The average Bonchev–Trinajstić information content (AvgIpc) is 2.96. The van der Waals surface area contributed by atoms with Crippen molar-refractivity contribution in [2.75, 3.05) is 13.7 Å². The summed E-state index contributed by atoms with van der Waals surface area (Å²) in [6.07, 6.45) is -2.33. The van der Waals surface area contributed by atoms with Gasteiger partial charge in [-0.1, -0.05) is 60.7 Å². The first kappa shape index (κ1) is 18.0. The molecule has 3 rings (SSSR count). The van der Waals surface area contributed by atoms with Crippen molar-refractivity contribution >= 4 is 0 Å². The zero-order chi connectivity index (χ0) is 17.5. The van der Waals surface area contributed by atoms with Gasteiger partial charge in [0.1, 0.15) is 18.3 Å². The summed E-state index contributed by atoms with van der Waals surface area (Å²) in [7, 11) is 1.54. The van der Waals surface area contributed by atoms with Crippen LogP contribution in [-0.4, -0.2) is 43.4 Å². The topological polar surface area (TPSA) is 57.2 Å². The highest BCUT2D eigenvalue weighted by Crippen LogP contribution is 2.26. The summed E-state index contributed by atoms with van der Waals surface area (Å²) in [5.41, 5.74) is 2.15. The molecule has 5 nitrogen and oxygen atoms in total. The van der Waals surface area contributed by atoms with Gasteiger partial charge >= 0.3 is 0 Å². The number of rotatable bonds is 8. The van der Waals surface area contributed by atoms with Crippen LogP contribution in [0.1, 0.15) is 11.1 Å². The third-order valence-corrected chi connectivity index (χ3v) is 4.24. The van der Waals surface area contributed by atoms with E-state index in [9.17, 15) is 5.11 Å². The van der Waals surface area contributed by atoms with Crippen molar-refractivity contribution < 1.29 is 24.1 Å². The number of benzene rings is 2. The highest BCUT2D eigenvalue weighted by atomic mass is 16.7. The summed E-state index contributed by atoms with van der Waals surface area (Å²) in [6.45, 7) is 1.24. The van der Waals surface area contributed by atoms with Crippen LogP contribution in [0.4, 0.5) is 0 Å². The van der Waals surface area contributed by atoms with E-state index in [2.05, 4.69) is 0 Å². The number of ether oxygens (including phenoxy) is 4. The Bertz CT molecular complexity index is 618. The Morgan fingerprint density at radius 3 is 2.08 bits per heavy atom. The molecule has 0 bridgehead atoms. The van der Waals surface area contributed by atoms with E-state index in [1.165, 1.54) is 0 Å². The SMILES string of the molecule is CO[C@@H]1[C@@H](OCc2ccccc2)[C@@H](COCc2ccccc2)O[C@H]1O. The van der Waals surface area contributed by atoms with Crippen LogP contribution in [0, 0.1) is 0 Å². The first-order chi connectivity index (χ1) is 12.3. The third-order valence-electron chi connectivity index (χ3n) is 4.24. The minimum Gasteiger partial charge on any atom is -0.374 e. The van der Waals surface area contributed by atoms with Crippen molar-refractivity contribution in [2.24, 2.45) is 0 Å². The fraction of sp³-hybridized carbons (Fsp3) is 0.400. The smallest absolute Gasteiger partial charge is 0.184 e. The molecule has 0 unspecified atom stereocenters. The van der Waals surface area contributed by atoms with E-state index in [1.54, 1.807) is 7.11 Å². The van der Waals surface area contributed by atoms with Crippen molar-refractivity contribution in [2.45, 2.75) is 37.8 Å². The van der Waals surface area contributed by atoms with Gasteiger partial charge in [0.15, 0.2) is 6.29 Å².